The Bertz CT molecular complexity index is 549. The molecule has 0 saturated carbocycles. The molecule has 2 aromatic carbocycles. The van der Waals surface area contributed by atoms with Gasteiger partial charge in [-0.1, -0.05) is 28.1 Å². The highest BCUT2D eigenvalue weighted by atomic mass is 79.9. The predicted octanol–water partition coefficient (Wildman–Crippen LogP) is 3.73. The van der Waals surface area contributed by atoms with Crippen LogP contribution >= 0.6 is 15.9 Å². The van der Waals surface area contributed by atoms with Crippen LogP contribution in [0.5, 0.6) is 5.75 Å². The number of fused-ring (bicyclic) bond motifs is 1. The lowest BCUT2D eigenvalue weighted by Crippen LogP contribution is -2.28. The molecule has 3 rings (SSSR count). The minimum Gasteiger partial charge on any atom is -0.492 e. The number of benzene rings is 2. The summed E-state index contributed by atoms with van der Waals surface area (Å²) in [6.07, 6.45) is 2.49. The third kappa shape index (κ3) is 2.68. The highest BCUT2D eigenvalue weighted by molar-refractivity contribution is 9.10. The SMILES string of the molecule is Brc1ccc2cc(OC[C@@H]3CCCN3)ccc2c1. The van der Waals surface area contributed by atoms with E-state index in [9.17, 15) is 0 Å². The van der Waals surface area contributed by atoms with Crippen LogP contribution < -0.4 is 10.1 Å². The topological polar surface area (TPSA) is 21.3 Å². The van der Waals surface area contributed by atoms with E-state index < -0.39 is 0 Å². The van der Waals surface area contributed by atoms with Crippen molar-refractivity contribution in [2.75, 3.05) is 13.2 Å². The lowest BCUT2D eigenvalue weighted by Gasteiger charge is -2.12. The third-order valence-corrected chi connectivity index (χ3v) is 3.88. The summed E-state index contributed by atoms with van der Waals surface area (Å²) >= 11 is 3.49. The summed E-state index contributed by atoms with van der Waals surface area (Å²) in [7, 11) is 0. The molecule has 1 atom stereocenters. The van der Waals surface area contributed by atoms with Gasteiger partial charge in [-0.2, -0.15) is 0 Å². The van der Waals surface area contributed by atoms with E-state index in [1.165, 1.54) is 23.6 Å². The summed E-state index contributed by atoms with van der Waals surface area (Å²) in [5.41, 5.74) is 0. The van der Waals surface area contributed by atoms with Crippen LogP contribution in [0, 0.1) is 0 Å². The van der Waals surface area contributed by atoms with Crippen molar-refractivity contribution in [2.24, 2.45) is 0 Å². The minimum atomic E-state index is 0.519. The number of hydrogen-bond acceptors (Lipinski definition) is 2. The van der Waals surface area contributed by atoms with Crippen LogP contribution in [0.2, 0.25) is 0 Å². The van der Waals surface area contributed by atoms with Gasteiger partial charge < -0.3 is 10.1 Å². The summed E-state index contributed by atoms with van der Waals surface area (Å²) in [5, 5.41) is 5.89. The second-order valence-corrected chi connectivity index (χ2v) is 5.67. The van der Waals surface area contributed by atoms with Crippen LogP contribution in [-0.2, 0) is 0 Å². The molecule has 1 aliphatic rings. The predicted molar refractivity (Wildman–Crippen MR) is 78.2 cm³/mol. The van der Waals surface area contributed by atoms with Crippen LogP contribution in [0.3, 0.4) is 0 Å². The number of halogens is 1. The van der Waals surface area contributed by atoms with E-state index in [4.69, 9.17) is 4.74 Å². The standard InChI is InChI=1S/C15H16BrNO/c16-13-5-3-12-9-15(6-4-11(12)8-13)18-10-14-2-1-7-17-14/h3-6,8-9,14,17H,1-2,7,10H2/t14-/m0/s1. The zero-order chi connectivity index (χ0) is 12.4. The summed E-state index contributed by atoms with van der Waals surface area (Å²) < 4.78 is 6.96. The summed E-state index contributed by atoms with van der Waals surface area (Å²) in [6.45, 7) is 1.89. The number of rotatable bonds is 3. The molecule has 0 aromatic heterocycles. The first-order valence-electron chi connectivity index (χ1n) is 6.37. The molecular weight excluding hydrogens is 290 g/mol. The van der Waals surface area contributed by atoms with E-state index in [-0.39, 0.29) is 0 Å². The van der Waals surface area contributed by atoms with Crippen molar-refractivity contribution in [3.63, 3.8) is 0 Å². The van der Waals surface area contributed by atoms with E-state index in [1.54, 1.807) is 0 Å². The molecule has 2 aromatic rings. The fourth-order valence-electron chi connectivity index (χ4n) is 2.38. The molecule has 1 saturated heterocycles. The van der Waals surface area contributed by atoms with Gasteiger partial charge in [0.05, 0.1) is 0 Å². The van der Waals surface area contributed by atoms with E-state index in [0.29, 0.717) is 6.04 Å². The summed E-state index contributed by atoms with van der Waals surface area (Å²) in [4.78, 5) is 0. The second kappa shape index (κ2) is 5.29. The molecule has 0 amide bonds. The maximum atomic E-state index is 5.85. The van der Waals surface area contributed by atoms with Crippen LogP contribution in [-0.4, -0.2) is 19.2 Å². The number of hydrogen-bond donors (Lipinski definition) is 1. The van der Waals surface area contributed by atoms with Gasteiger partial charge in [0.15, 0.2) is 0 Å². The summed E-state index contributed by atoms with van der Waals surface area (Å²) in [5.74, 6) is 0.957. The fraction of sp³-hybridized carbons (Fsp3) is 0.333. The molecule has 94 valence electrons. The Kier molecular flexibility index (Phi) is 3.52. The lowest BCUT2D eigenvalue weighted by atomic mass is 10.1. The molecular formula is C15H16BrNO. The van der Waals surface area contributed by atoms with Gasteiger partial charge in [-0.3, -0.25) is 0 Å². The zero-order valence-corrected chi connectivity index (χ0v) is 11.7. The molecule has 0 spiro atoms. The Morgan fingerprint density at radius 2 is 2.00 bits per heavy atom. The molecule has 1 heterocycles. The summed E-state index contributed by atoms with van der Waals surface area (Å²) in [6, 6.07) is 13.1. The van der Waals surface area contributed by atoms with Gasteiger partial charge in [-0.15, -0.1) is 0 Å². The third-order valence-electron chi connectivity index (χ3n) is 3.39. The second-order valence-electron chi connectivity index (χ2n) is 4.76. The molecule has 3 heteroatoms. The van der Waals surface area contributed by atoms with Crippen molar-refractivity contribution < 1.29 is 4.74 Å². The highest BCUT2D eigenvalue weighted by Gasteiger charge is 2.14. The smallest absolute Gasteiger partial charge is 0.120 e. The van der Waals surface area contributed by atoms with E-state index in [2.05, 4.69) is 51.6 Å². The molecule has 0 aliphatic carbocycles. The van der Waals surface area contributed by atoms with E-state index in [0.717, 1.165) is 23.4 Å². The van der Waals surface area contributed by atoms with Crippen molar-refractivity contribution in [2.45, 2.75) is 18.9 Å². The molecule has 0 bridgehead atoms. The first kappa shape index (κ1) is 12.0. The Balaban J connectivity index is 1.74. The Labute approximate surface area is 115 Å². The van der Waals surface area contributed by atoms with Crippen LogP contribution in [0.25, 0.3) is 10.8 Å². The Hall–Kier alpha value is -1.06. The molecule has 1 N–H and O–H groups in total. The van der Waals surface area contributed by atoms with Crippen molar-refractivity contribution in [1.82, 2.24) is 5.32 Å². The maximum absolute atomic E-state index is 5.85. The first-order chi connectivity index (χ1) is 8.81. The fourth-order valence-corrected chi connectivity index (χ4v) is 2.76. The molecule has 0 unspecified atom stereocenters. The van der Waals surface area contributed by atoms with Gasteiger partial charge in [0, 0.05) is 10.5 Å². The lowest BCUT2D eigenvalue weighted by molar-refractivity contribution is 0.277. The molecule has 1 fully saturated rings. The van der Waals surface area contributed by atoms with Gasteiger partial charge in [-0.05, 0) is 54.4 Å². The molecule has 2 nitrogen and oxygen atoms in total. The Morgan fingerprint density at radius 1 is 1.17 bits per heavy atom. The quantitative estimate of drug-likeness (QED) is 0.933. The highest BCUT2D eigenvalue weighted by Crippen LogP contribution is 2.24. The average Bonchev–Trinajstić information content (AvgIpc) is 2.89. The monoisotopic (exact) mass is 305 g/mol. The van der Waals surface area contributed by atoms with Gasteiger partial charge in [0.2, 0.25) is 0 Å². The first-order valence-corrected chi connectivity index (χ1v) is 7.16. The average molecular weight is 306 g/mol. The van der Waals surface area contributed by atoms with Crippen LogP contribution in [0.1, 0.15) is 12.8 Å². The van der Waals surface area contributed by atoms with Gasteiger partial charge in [-0.25, -0.2) is 0 Å². The number of ether oxygens (including phenoxy) is 1. The zero-order valence-electron chi connectivity index (χ0n) is 10.2. The van der Waals surface area contributed by atoms with Crippen LogP contribution in [0.15, 0.2) is 40.9 Å². The van der Waals surface area contributed by atoms with Gasteiger partial charge in [0.1, 0.15) is 12.4 Å². The van der Waals surface area contributed by atoms with Crippen LogP contribution in [0.4, 0.5) is 0 Å². The molecule has 18 heavy (non-hydrogen) atoms. The van der Waals surface area contributed by atoms with Crippen molar-refractivity contribution >= 4 is 26.7 Å². The number of nitrogens with one attached hydrogen (secondary N) is 1. The molecule has 1 aliphatic heterocycles. The van der Waals surface area contributed by atoms with Crippen molar-refractivity contribution in [1.29, 1.82) is 0 Å². The Morgan fingerprint density at radius 3 is 2.83 bits per heavy atom. The van der Waals surface area contributed by atoms with Crippen molar-refractivity contribution in [3.8, 4) is 5.75 Å². The van der Waals surface area contributed by atoms with Gasteiger partial charge >= 0.3 is 0 Å². The van der Waals surface area contributed by atoms with Crippen molar-refractivity contribution in [3.05, 3.63) is 40.9 Å². The van der Waals surface area contributed by atoms with E-state index in [1.807, 2.05) is 6.07 Å². The molecule has 0 radical (unpaired) electrons. The largest absolute Gasteiger partial charge is 0.492 e. The van der Waals surface area contributed by atoms with Gasteiger partial charge in [0.25, 0.3) is 0 Å². The maximum Gasteiger partial charge on any atom is 0.120 e. The normalized spacial score (nSPS) is 19.3. The minimum absolute atomic E-state index is 0.519. The van der Waals surface area contributed by atoms with E-state index >= 15 is 0 Å².